The Hall–Kier alpha value is -3.94. The van der Waals surface area contributed by atoms with Crippen LogP contribution in [0.15, 0.2) is 47.5 Å². The first kappa shape index (κ1) is 24.7. The minimum atomic E-state index is -1.81. The number of aliphatic hydroxyl groups is 2. The second-order valence-corrected chi connectivity index (χ2v) is 9.41. The van der Waals surface area contributed by atoms with Crippen LogP contribution in [0.3, 0.4) is 0 Å². The first-order valence-electron chi connectivity index (χ1n) is 11.3. The zero-order chi connectivity index (χ0) is 26.1. The zero-order valence-electron chi connectivity index (χ0n) is 19.6. The standard InChI is InChI=1S/C24H23N5O7S/c1-35-19-5-3-15-20(28-19)14(6-7-25-15)21(31)22(32)23(33)26-9-13-10-29(24(34)36-13)12-2-4-17-16(8-12)27-18(30)11-37-17/h2-8,13,21-22,31-32H,9-11H2,1H3,(H,26,33)(H,27,30)/t13-,21?,22?/m1/s1. The van der Waals surface area contributed by atoms with Crippen molar-refractivity contribution in [2.45, 2.75) is 23.2 Å². The molecule has 37 heavy (non-hydrogen) atoms. The number of benzene rings is 1. The number of hydrogen-bond donors (Lipinski definition) is 4. The Morgan fingerprint density at radius 1 is 1.30 bits per heavy atom. The number of pyridine rings is 2. The van der Waals surface area contributed by atoms with Crippen molar-refractivity contribution < 1.29 is 34.1 Å². The van der Waals surface area contributed by atoms with E-state index in [4.69, 9.17) is 9.47 Å². The van der Waals surface area contributed by atoms with Crippen molar-refractivity contribution in [1.29, 1.82) is 0 Å². The minimum absolute atomic E-state index is 0.0778. The van der Waals surface area contributed by atoms with E-state index in [0.29, 0.717) is 34.0 Å². The van der Waals surface area contributed by atoms with E-state index in [2.05, 4.69) is 20.6 Å². The number of aliphatic hydroxyl groups excluding tert-OH is 2. The fourth-order valence-corrected chi connectivity index (χ4v) is 4.88. The number of carbonyl (C=O) groups excluding carboxylic acids is 3. The molecule has 13 heteroatoms. The summed E-state index contributed by atoms with van der Waals surface area (Å²) in [6, 6.07) is 10.0. The average Bonchev–Trinajstić information content (AvgIpc) is 3.29. The molecule has 3 atom stereocenters. The summed E-state index contributed by atoms with van der Waals surface area (Å²) in [6.07, 6.45) is -3.24. The van der Waals surface area contributed by atoms with Crippen LogP contribution < -0.4 is 20.3 Å². The van der Waals surface area contributed by atoms with E-state index in [0.717, 1.165) is 4.90 Å². The number of nitrogens with one attached hydrogen (secondary N) is 2. The number of methoxy groups -OCH3 is 1. The molecule has 3 aromatic rings. The molecule has 2 aromatic heterocycles. The topological polar surface area (TPSA) is 163 Å². The molecule has 0 saturated carbocycles. The highest BCUT2D eigenvalue weighted by atomic mass is 32.2. The Bertz CT molecular complexity index is 1390. The molecule has 0 spiro atoms. The van der Waals surface area contributed by atoms with Crippen LogP contribution in [0, 0.1) is 0 Å². The maximum absolute atomic E-state index is 12.6. The Morgan fingerprint density at radius 3 is 2.95 bits per heavy atom. The molecule has 2 aliphatic heterocycles. The monoisotopic (exact) mass is 525 g/mol. The highest BCUT2D eigenvalue weighted by molar-refractivity contribution is 8.00. The van der Waals surface area contributed by atoms with Gasteiger partial charge in [-0.25, -0.2) is 9.78 Å². The fraction of sp³-hybridized carbons (Fsp3) is 0.292. The molecule has 3 amide bonds. The van der Waals surface area contributed by atoms with E-state index in [1.165, 1.54) is 36.0 Å². The van der Waals surface area contributed by atoms with Gasteiger partial charge in [-0.1, -0.05) is 0 Å². The van der Waals surface area contributed by atoms with Crippen molar-refractivity contribution in [3.63, 3.8) is 0 Å². The van der Waals surface area contributed by atoms with Crippen LogP contribution >= 0.6 is 11.8 Å². The summed E-state index contributed by atoms with van der Waals surface area (Å²) >= 11 is 1.41. The average molecular weight is 526 g/mol. The number of thioether (sulfide) groups is 1. The molecule has 192 valence electrons. The smallest absolute Gasteiger partial charge is 0.414 e. The molecule has 12 nitrogen and oxygen atoms in total. The summed E-state index contributed by atoms with van der Waals surface area (Å²) in [5.41, 5.74) is 2.13. The van der Waals surface area contributed by atoms with Gasteiger partial charge in [-0.15, -0.1) is 11.8 Å². The molecule has 0 aliphatic carbocycles. The molecule has 4 heterocycles. The second-order valence-electron chi connectivity index (χ2n) is 8.39. The van der Waals surface area contributed by atoms with Gasteiger partial charge in [-0.2, -0.15) is 0 Å². The van der Waals surface area contributed by atoms with E-state index >= 15 is 0 Å². The number of cyclic esters (lactones) is 1. The number of hydrogen-bond acceptors (Lipinski definition) is 10. The number of amides is 3. The molecule has 0 radical (unpaired) electrons. The molecule has 0 bridgehead atoms. The summed E-state index contributed by atoms with van der Waals surface area (Å²) in [5.74, 6) is -0.332. The predicted molar refractivity (Wildman–Crippen MR) is 133 cm³/mol. The fourth-order valence-electron chi connectivity index (χ4n) is 4.09. The first-order valence-corrected chi connectivity index (χ1v) is 12.3. The van der Waals surface area contributed by atoms with Crippen molar-refractivity contribution in [2.75, 3.05) is 36.2 Å². The normalized spacial score (nSPS) is 18.6. The predicted octanol–water partition coefficient (Wildman–Crippen LogP) is 1.22. The largest absolute Gasteiger partial charge is 0.481 e. The van der Waals surface area contributed by atoms with Crippen molar-refractivity contribution >= 4 is 52.1 Å². The van der Waals surface area contributed by atoms with Crippen LogP contribution in [0.5, 0.6) is 5.88 Å². The summed E-state index contributed by atoms with van der Waals surface area (Å²) in [7, 11) is 1.45. The molecular weight excluding hydrogens is 502 g/mol. The molecule has 4 N–H and O–H groups in total. The molecule has 2 aliphatic rings. The van der Waals surface area contributed by atoms with E-state index in [-0.39, 0.29) is 24.6 Å². The molecule has 2 unspecified atom stereocenters. The van der Waals surface area contributed by atoms with Crippen LogP contribution in [-0.2, 0) is 14.3 Å². The third-order valence-corrected chi connectivity index (χ3v) is 7.04. The van der Waals surface area contributed by atoms with E-state index in [9.17, 15) is 24.6 Å². The Balaban J connectivity index is 1.22. The van der Waals surface area contributed by atoms with E-state index in [1.807, 2.05) is 6.07 Å². The maximum atomic E-state index is 12.6. The Kier molecular flexibility index (Phi) is 6.82. The van der Waals surface area contributed by atoms with Crippen molar-refractivity contribution in [2.24, 2.45) is 0 Å². The van der Waals surface area contributed by atoms with Crippen molar-refractivity contribution in [3.05, 3.63) is 48.2 Å². The molecule has 5 rings (SSSR count). The molecule has 1 fully saturated rings. The molecular formula is C24H23N5O7S. The summed E-state index contributed by atoms with van der Waals surface area (Å²) in [5, 5.41) is 26.5. The van der Waals surface area contributed by atoms with E-state index < -0.39 is 30.3 Å². The van der Waals surface area contributed by atoms with Gasteiger partial charge in [-0.05, 0) is 30.3 Å². The van der Waals surface area contributed by atoms with Gasteiger partial charge in [0.2, 0.25) is 11.8 Å². The quantitative estimate of drug-likeness (QED) is 0.353. The molecule has 1 aromatic carbocycles. The van der Waals surface area contributed by atoms with E-state index in [1.54, 1.807) is 24.3 Å². The summed E-state index contributed by atoms with van der Waals surface area (Å²) in [4.78, 5) is 47.5. The minimum Gasteiger partial charge on any atom is -0.481 e. The van der Waals surface area contributed by atoms with Gasteiger partial charge in [-0.3, -0.25) is 19.5 Å². The van der Waals surface area contributed by atoms with Gasteiger partial charge in [0, 0.05) is 28.4 Å². The first-order chi connectivity index (χ1) is 17.8. The van der Waals surface area contributed by atoms with Gasteiger partial charge in [0.15, 0.2) is 6.10 Å². The Morgan fingerprint density at radius 2 is 2.14 bits per heavy atom. The number of anilines is 2. The van der Waals surface area contributed by atoms with Crippen LogP contribution in [0.1, 0.15) is 11.7 Å². The van der Waals surface area contributed by atoms with Crippen LogP contribution in [0.2, 0.25) is 0 Å². The molecule has 1 saturated heterocycles. The SMILES string of the molecule is COc1ccc2nccc(C(O)C(O)C(=O)NC[C@@H]3CN(c4ccc5c(c4)NC(=O)CS5)C(=O)O3)c2n1. The lowest BCUT2D eigenvalue weighted by molar-refractivity contribution is -0.135. The number of fused-ring (bicyclic) bond motifs is 2. The second kappa shape index (κ2) is 10.2. The summed E-state index contributed by atoms with van der Waals surface area (Å²) < 4.78 is 10.5. The highest BCUT2D eigenvalue weighted by Gasteiger charge is 2.34. The number of ether oxygens (including phenoxy) is 2. The number of rotatable bonds is 7. The maximum Gasteiger partial charge on any atom is 0.414 e. The number of nitrogens with zero attached hydrogens (tertiary/aromatic N) is 3. The van der Waals surface area contributed by atoms with Gasteiger partial charge in [0.1, 0.15) is 12.2 Å². The lowest BCUT2D eigenvalue weighted by Gasteiger charge is -2.20. The van der Waals surface area contributed by atoms with Crippen molar-refractivity contribution in [1.82, 2.24) is 15.3 Å². The van der Waals surface area contributed by atoms with Gasteiger partial charge >= 0.3 is 6.09 Å². The number of carbonyl (C=O) groups is 3. The third kappa shape index (κ3) is 5.01. The van der Waals surface area contributed by atoms with Gasteiger partial charge < -0.3 is 30.3 Å². The van der Waals surface area contributed by atoms with Crippen LogP contribution in [0.25, 0.3) is 11.0 Å². The lowest BCUT2D eigenvalue weighted by Crippen LogP contribution is -2.42. The number of aromatic nitrogens is 2. The van der Waals surface area contributed by atoms with Gasteiger partial charge in [0.25, 0.3) is 5.91 Å². The third-order valence-electron chi connectivity index (χ3n) is 5.97. The highest BCUT2D eigenvalue weighted by Crippen LogP contribution is 2.35. The van der Waals surface area contributed by atoms with Gasteiger partial charge in [0.05, 0.1) is 42.7 Å². The lowest BCUT2D eigenvalue weighted by atomic mass is 10.0. The van der Waals surface area contributed by atoms with Crippen LogP contribution in [0.4, 0.5) is 16.2 Å². The Labute approximate surface area is 215 Å². The zero-order valence-corrected chi connectivity index (χ0v) is 20.4. The summed E-state index contributed by atoms with van der Waals surface area (Å²) in [6.45, 7) is 0.0713. The van der Waals surface area contributed by atoms with Crippen LogP contribution in [-0.4, -0.2) is 76.2 Å². The van der Waals surface area contributed by atoms with Crippen molar-refractivity contribution in [3.8, 4) is 5.88 Å².